The Morgan fingerprint density at radius 3 is 2.19 bits per heavy atom. The highest BCUT2D eigenvalue weighted by Gasteiger charge is 2.62. The summed E-state index contributed by atoms with van der Waals surface area (Å²) in [5.74, 6) is -2.00. The van der Waals surface area contributed by atoms with Crippen molar-refractivity contribution >= 4 is 23.2 Å². The van der Waals surface area contributed by atoms with Crippen molar-refractivity contribution in [2.75, 3.05) is 5.32 Å². The van der Waals surface area contributed by atoms with Gasteiger partial charge in [0.1, 0.15) is 18.3 Å². The highest BCUT2D eigenvalue weighted by Crippen LogP contribution is 2.44. The van der Waals surface area contributed by atoms with Crippen LogP contribution in [0.3, 0.4) is 0 Å². The molecule has 3 saturated heterocycles. The Morgan fingerprint density at radius 1 is 0.923 bits per heavy atom. The van der Waals surface area contributed by atoms with Crippen molar-refractivity contribution in [1.29, 1.82) is 0 Å². The van der Waals surface area contributed by atoms with Crippen LogP contribution in [0.5, 0.6) is 0 Å². The van der Waals surface area contributed by atoms with Gasteiger partial charge in [-0.05, 0) is 52.0 Å². The van der Waals surface area contributed by atoms with Gasteiger partial charge in [-0.3, -0.25) is 4.79 Å². The van der Waals surface area contributed by atoms with Gasteiger partial charge < -0.3 is 29.0 Å². The largest absolute Gasteiger partial charge is 0.342 e. The molecule has 142 valence electrons. The molecule has 1 amide bonds. The van der Waals surface area contributed by atoms with Crippen LogP contribution in [0.15, 0.2) is 24.3 Å². The molecule has 5 atom stereocenters. The predicted octanol–water partition coefficient (Wildman–Crippen LogP) is 2.68. The molecule has 26 heavy (non-hydrogen) atoms. The Morgan fingerprint density at radius 2 is 1.50 bits per heavy atom. The van der Waals surface area contributed by atoms with Crippen LogP contribution in [0.2, 0.25) is 5.02 Å². The number of rotatable bonds is 2. The van der Waals surface area contributed by atoms with Gasteiger partial charge in [-0.1, -0.05) is 11.6 Å². The quantitative estimate of drug-likeness (QED) is 0.846. The third-order valence-corrected chi connectivity index (χ3v) is 4.78. The molecular weight excluding hydrogens is 362 g/mol. The summed E-state index contributed by atoms with van der Waals surface area (Å²) >= 11 is 5.88. The van der Waals surface area contributed by atoms with Crippen LogP contribution < -0.4 is 5.32 Å². The fraction of sp³-hybridized carbons (Fsp3) is 0.611. The summed E-state index contributed by atoms with van der Waals surface area (Å²) in [4.78, 5) is 12.9. The minimum absolute atomic E-state index is 0.338. The summed E-state index contributed by atoms with van der Waals surface area (Å²) in [6.07, 6.45) is -3.13. The molecule has 0 unspecified atom stereocenters. The number of amides is 1. The predicted molar refractivity (Wildman–Crippen MR) is 92.6 cm³/mol. The van der Waals surface area contributed by atoms with Crippen molar-refractivity contribution in [3.63, 3.8) is 0 Å². The van der Waals surface area contributed by atoms with E-state index < -0.39 is 42.3 Å². The van der Waals surface area contributed by atoms with E-state index in [0.717, 1.165) is 0 Å². The fourth-order valence-electron chi connectivity index (χ4n) is 3.57. The number of ether oxygens (including phenoxy) is 5. The average molecular weight is 384 g/mol. The first-order valence-corrected chi connectivity index (χ1v) is 8.95. The minimum atomic E-state index is -0.892. The third-order valence-electron chi connectivity index (χ3n) is 4.52. The van der Waals surface area contributed by atoms with Gasteiger partial charge in [0.15, 0.2) is 24.0 Å². The van der Waals surface area contributed by atoms with Gasteiger partial charge in [0.25, 0.3) is 5.91 Å². The smallest absolute Gasteiger partial charge is 0.256 e. The number of hydrogen-bond donors (Lipinski definition) is 1. The zero-order valence-corrected chi connectivity index (χ0v) is 15.8. The Balaban J connectivity index is 1.57. The van der Waals surface area contributed by atoms with E-state index in [4.69, 9.17) is 35.3 Å². The molecule has 0 spiro atoms. The van der Waals surface area contributed by atoms with E-state index in [1.807, 2.05) is 0 Å². The van der Waals surface area contributed by atoms with Gasteiger partial charge in [0.05, 0.1) is 0 Å². The van der Waals surface area contributed by atoms with E-state index in [2.05, 4.69) is 5.32 Å². The van der Waals surface area contributed by atoms with Crippen molar-refractivity contribution in [3.8, 4) is 0 Å². The average Bonchev–Trinajstić information content (AvgIpc) is 3.02. The van der Waals surface area contributed by atoms with Gasteiger partial charge in [-0.2, -0.15) is 0 Å². The number of fused-ring (bicyclic) bond motifs is 3. The van der Waals surface area contributed by atoms with Crippen LogP contribution in [0.4, 0.5) is 5.69 Å². The normalized spacial score (nSPS) is 37.0. The summed E-state index contributed by atoms with van der Waals surface area (Å²) in [5.41, 5.74) is 0.615. The number of halogens is 1. The molecule has 0 saturated carbocycles. The van der Waals surface area contributed by atoms with Crippen LogP contribution >= 0.6 is 11.6 Å². The lowest BCUT2D eigenvalue weighted by Gasteiger charge is -2.36. The maximum atomic E-state index is 12.9. The van der Waals surface area contributed by atoms with Gasteiger partial charge >= 0.3 is 0 Å². The monoisotopic (exact) mass is 383 g/mol. The van der Waals surface area contributed by atoms with Crippen molar-refractivity contribution in [2.45, 2.75) is 70.0 Å². The lowest BCUT2D eigenvalue weighted by molar-refractivity contribution is -0.229. The van der Waals surface area contributed by atoms with Crippen molar-refractivity contribution in [3.05, 3.63) is 29.3 Å². The van der Waals surface area contributed by atoms with E-state index in [1.165, 1.54) is 0 Å². The van der Waals surface area contributed by atoms with E-state index >= 15 is 0 Å². The first-order valence-electron chi connectivity index (χ1n) is 8.57. The molecule has 1 N–H and O–H groups in total. The topological polar surface area (TPSA) is 75.3 Å². The van der Waals surface area contributed by atoms with Crippen LogP contribution in [0.25, 0.3) is 0 Å². The molecule has 0 aliphatic carbocycles. The summed E-state index contributed by atoms with van der Waals surface area (Å²) in [7, 11) is 0. The maximum Gasteiger partial charge on any atom is 0.256 e. The number of nitrogens with one attached hydrogen (secondary N) is 1. The molecule has 7 nitrogen and oxygen atoms in total. The molecule has 3 aliphatic rings. The van der Waals surface area contributed by atoms with Gasteiger partial charge in [0.2, 0.25) is 0 Å². The summed E-state index contributed by atoms with van der Waals surface area (Å²) < 4.78 is 29.6. The van der Waals surface area contributed by atoms with Crippen molar-refractivity contribution in [1.82, 2.24) is 0 Å². The molecule has 1 aromatic carbocycles. The maximum absolute atomic E-state index is 12.9. The fourth-order valence-corrected chi connectivity index (χ4v) is 3.70. The Bertz CT molecular complexity index is 706. The zero-order valence-electron chi connectivity index (χ0n) is 15.0. The molecule has 3 aliphatic heterocycles. The molecule has 3 heterocycles. The van der Waals surface area contributed by atoms with Crippen molar-refractivity contribution < 1.29 is 28.5 Å². The molecule has 1 aromatic rings. The van der Waals surface area contributed by atoms with E-state index in [9.17, 15) is 4.79 Å². The van der Waals surface area contributed by atoms with Gasteiger partial charge in [-0.15, -0.1) is 0 Å². The summed E-state index contributed by atoms with van der Waals surface area (Å²) in [6, 6.07) is 6.84. The molecule has 0 aromatic heterocycles. The number of hydrogen-bond acceptors (Lipinski definition) is 6. The van der Waals surface area contributed by atoms with Crippen LogP contribution in [-0.4, -0.2) is 48.2 Å². The molecular formula is C18H22ClNO6. The first-order chi connectivity index (χ1) is 12.1. The molecule has 3 fully saturated rings. The summed E-state index contributed by atoms with van der Waals surface area (Å²) in [5, 5.41) is 3.42. The number of carbonyl (C=O) groups excluding carboxylic acids is 1. The lowest BCUT2D eigenvalue weighted by Crippen LogP contribution is -2.58. The van der Waals surface area contributed by atoms with Crippen LogP contribution in [0, 0.1) is 0 Å². The number of anilines is 1. The van der Waals surface area contributed by atoms with Crippen molar-refractivity contribution in [2.24, 2.45) is 0 Å². The lowest BCUT2D eigenvalue weighted by atomic mass is 9.98. The molecule has 8 heteroatoms. The Kier molecular flexibility index (Phi) is 4.30. The van der Waals surface area contributed by atoms with Gasteiger partial charge in [0, 0.05) is 10.7 Å². The Hall–Kier alpha value is -1.22. The zero-order chi connectivity index (χ0) is 18.7. The van der Waals surface area contributed by atoms with Gasteiger partial charge in [-0.25, -0.2) is 0 Å². The highest BCUT2D eigenvalue weighted by molar-refractivity contribution is 6.30. The van der Waals surface area contributed by atoms with E-state index in [-0.39, 0.29) is 5.91 Å². The molecule has 0 bridgehead atoms. The standard InChI is InChI=1S/C18H22ClNO6/c1-17(2)23-11-12(24-17)14-16(26-18(3,4)25-14)22-13(11)15(21)20-10-7-5-9(19)6-8-10/h5-8,11-14,16H,1-4H3,(H,20,21)/t11-,12+,13+,14+,16+/m1/s1. The summed E-state index contributed by atoms with van der Waals surface area (Å²) in [6.45, 7) is 7.20. The molecule has 4 rings (SSSR count). The van der Waals surface area contributed by atoms with E-state index in [0.29, 0.717) is 10.7 Å². The number of carbonyl (C=O) groups is 1. The second-order valence-electron chi connectivity index (χ2n) is 7.59. The van der Waals surface area contributed by atoms with E-state index in [1.54, 1.807) is 52.0 Å². The second-order valence-corrected chi connectivity index (χ2v) is 8.02. The number of benzene rings is 1. The highest BCUT2D eigenvalue weighted by atomic mass is 35.5. The third kappa shape index (κ3) is 3.35. The first kappa shape index (κ1) is 18.2. The van der Waals surface area contributed by atoms with Crippen LogP contribution in [0.1, 0.15) is 27.7 Å². The Labute approximate surface area is 156 Å². The van der Waals surface area contributed by atoms with Crippen LogP contribution in [-0.2, 0) is 28.5 Å². The molecule has 0 radical (unpaired) electrons. The SMILES string of the molecule is CC1(C)O[C@@H]2O[C@H](C(=O)Nc3ccc(Cl)cc3)[C@@H]3OC(C)(C)O[C@@H]3[C@@H]2O1. The minimum Gasteiger partial charge on any atom is -0.342 e. The second kappa shape index (κ2) is 6.15.